The minimum atomic E-state index is -0.922. The molecule has 0 radical (unpaired) electrons. The van der Waals surface area contributed by atoms with E-state index in [2.05, 4.69) is 15.9 Å². The van der Waals surface area contributed by atoms with Crippen molar-refractivity contribution in [2.75, 3.05) is 5.73 Å². The number of benzene rings is 1. The molecule has 13 heavy (non-hydrogen) atoms. The molecule has 70 valence electrons. The van der Waals surface area contributed by atoms with Gasteiger partial charge in [-0.15, -0.1) is 0 Å². The summed E-state index contributed by atoms with van der Waals surface area (Å²) in [6.07, 6.45) is -0.108. The van der Waals surface area contributed by atoms with Gasteiger partial charge in [0.05, 0.1) is 6.42 Å². The monoisotopic (exact) mass is 263 g/mol. The molecule has 0 saturated heterocycles. The number of hydrogen-bond donors (Lipinski definition) is 2. The molecule has 3 N–H and O–H groups in total. The lowest BCUT2D eigenvalue weighted by Gasteiger charge is -2.06. The number of rotatable bonds is 2. The van der Waals surface area contributed by atoms with Crippen molar-refractivity contribution in [1.29, 1.82) is 0 Å². The fourth-order valence-corrected chi connectivity index (χ4v) is 1.94. The summed E-state index contributed by atoms with van der Waals surface area (Å²) in [5.41, 5.74) is 6.54. The van der Waals surface area contributed by atoms with E-state index in [1.165, 1.54) is 6.07 Å². The van der Waals surface area contributed by atoms with Crippen molar-refractivity contribution in [3.63, 3.8) is 0 Å². The molecular formula is C8H7BrClNO2. The van der Waals surface area contributed by atoms with Crippen LogP contribution in [0.4, 0.5) is 5.69 Å². The van der Waals surface area contributed by atoms with Crippen molar-refractivity contribution in [2.45, 2.75) is 6.42 Å². The topological polar surface area (TPSA) is 63.3 Å². The maximum Gasteiger partial charge on any atom is 0.307 e. The molecule has 0 spiro atoms. The summed E-state index contributed by atoms with van der Waals surface area (Å²) >= 11 is 8.90. The number of halogens is 2. The Kier molecular flexibility index (Phi) is 3.17. The van der Waals surface area contributed by atoms with Gasteiger partial charge in [0.1, 0.15) is 0 Å². The highest BCUT2D eigenvalue weighted by atomic mass is 79.9. The van der Waals surface area contributed by atoms with Gasteiger partial charge < -0.3 is 10.8 Å². The van der Waals surface area contributed by atoms with E-state index < -0.39 is 5.97 Å². The molecule has 0 amide bonds. The highest BCUT2D eigenvalue weighted by Crippen LogP contribution is 2.27. The summed E-state index contributed by atoms with van der Waals surface area (Å²) in [6.45, 7) is 0. The largest absolute Gasteiger partial charge is 0.481 e. The van der Waals surface area contributed by atoms with Crippen LogP contribution in [0.25, 0.3) is 0 Å². The third-order valence-electron chi connectivity index (χ3n) is 1.52. The molecule has 5 heteroatoms. The molecule has 1 aromatic rings. The molecule has 0 unspecified atom stereocenters. The molecule has 0 atom stereocenters. The number of carboxylic acid groups (broad SMARTS) is 1. The van der Waals surface area contributed by atoms with Gasteiger partial charge in [-0.25, -0.2) is 0 Å². The lowest BCUT2D eigenvalue weighted by Crippen LogP contribution is -2.04. The molecule has 0 fully saturated rings. The van der Waals surface area contributed by atoms with Crippen molar-refractivity contribution < 1.29 is 9.90 Å². The Hall–Kier alpha value is -0.740. The van der Waals surface area contributed by atoms with Crippen molar-refractivity contribution in [3.05, 3.63) is 27.2 Å². The average Bonchev–Trinajstić information content (AvgIpc) is 1.96. The van der Waals surface area contributed by atoms with E-state index in [4.69, 9.17) is 22.4 Å². The molecule has 0 aliphatic carbocycles. The number of carboxylic acids is 1. The predicted molar refractivity (Wildman–Crippen MR) is 54.9 cm³/mol. The van der Waals surface area contributed by atoms with E-state index in [1.807, 2.05) is 0 Å². The van der Waals surface area contributed by atoms with Crippen LogP contribution in [-0.4, -0.2) is 11.1 Å². The fourth-order valence-electron chi connectivity index (χ4n) is 0.961. The van der Waals surface area contributed by atoms with Gasteiger partial charge in [0.2, 0.25) is 0 Å². The van der Waals surface area contributed by atoms with Crippen LogP contribution >= 0.6 is 27.5 Å². The first-order chi connectivity index (χ1) is 6.00. The van der Waals surface area contributed by atoms with Crippen LogP contribution in [0, 0.1) is 0 Å². The zero-order valence-electron chi connectivity index (χ0n) is 6.55. The lowest BCUT2D eigenvalue weighted by atomic mass is 10.1. The van der Waals surface area contributed by atoms with Gasteiger partial charge in [-0.1, -0.05) is 27.5 Å². The maximum atomic E-state index is 10.4. The number of hydrogen-bond acceptors (Lipinski definition) is 2. The minimum absolute atomic E-state index is 0.108. The Morgan fingerprint density at radius 1 is 1.62 bits per heavy atom. The maximum absolute atomic E-state index is 10.4. The van der Waals surface area contributed by atoms with E-state index in [1.54, 1.807) is 6.07 Å². The van der Waals surface area contributed by atoms with Gasteiger partial charge in [-0.2, -0.15) is 0 Å². The zero-order chi connectivity index (χ0) is 10.0. The molecule has 3 nitrogen and oxygen atoms in total. The predicted octanol–water partition coefficient (Wildman–Crippen LogP) is 2.31. The average molecular weight is 265 g/mol. The van der Waals surface area contributed by atoms with Crippen LogP contribution in [0.3, 0.4) is 0 Å². The number of nitrogens with two attached hydrogens (primary N) is 1. The van der Waals surface area contributed by atoms with Crippen molar-refractivity contribution in [1.82, 2.24) is 0 Å². The van der Waals surface area contributed by atoms with Gasteiger partial charge in [0.15, 0.2) is 0 Å². The van der Waals surface area contributed by atoms with E-state index in [-0.39, 0.29) is 6.42 Å². The summed E-state index contributed by atoms with van der Waals surface area (Å²) in [4.78, 5) is 10.4. The first kappa shape index (κ1) is 10.3. The van der Waals surface area contributed by atoms with Crippen molar-refractivity contribution in [2.24, 2.45) is 0 Å². The molecule has 0 aromatic heterocycles. The molecule has 0 saturated carbocycles. The standard InChI is InChI=1S/C8H7BrClNO2/c9-6-1-4(10)2-7(11)5(6)3-8(12)13/h1-2H,3,11H2,(H,12,13). The second kappa shape index (κ2) is 3.98. The summed E-state index contributed by atoms with van der Waals surface area (Å²) in [7, 11) is 0. The van der Waals surface area contributed by atoms with Crippen LogP contribution in [0.5, 0.6) is 0 Å². The van der Waals surface area contributed by atoms with Gasteiger partial charge in [-0.05, 0) is 12.1 Å². The number of aliphatic carboxylic acids is 1. The van der Waals surface area contributed by atoms with E-state index in [0.29, 0.717) is 20.7 Å². The molecule has 0 bridgehead atoms. The quantitative estimate of drug-likeness (QED) is 0.806. The Balaban J connectivity index is 3.13. The molecular weight excluding hydrogens is 257 g/mol. The molecule has 1 aromatic carbocycles. The lowest BCUT2D eigenvalue weighted by molar-refractivity contribution is -0.136. The third-order valence-corrected chi connectivity index (χ3v) is 2.45. The molecule has 1 rings (SSSR count). The van der Waals surface area contributed by atoms with Crippen LogP contribution in [-0.2, 0) is 11.2 Å². The normalized spacial score (nSPS) is 10.0. The number of carbonyl (C=O) groups is 1. The SMILES string of the molecule is Nc1cc(Cl)cc(Br)c1CC(=O)O. The number of anilines is 1. The van der Waals surface area contributed by atoms with Crippen LogP contribution in [0.2, 0.25) is 5.02 Å². The second-order valence-corrected chi connectivity index (χ2v) is 3.82. The molecule has 0 heterocycles. The van der Waals surface area contributed by atoms with Crippen molar-refractivity contribution >= 4 is 39.2 Å². The smallest absolute Gasteiger partial charge is 0.307 e. The fraction of sp³-hybridized carbons (Fsp3) is 0.125. The minimum Gasteiger partial charge on any atom is -0.481 e. The zero-order valence-corrected chi connectivity index (χ0v) is 8.89. The Labute approximate surface area is 88.6 Å². The van der Waals surface area contributed by atoms with Crippen LogP contribution in [0.1, 0.15) is 5.56 Å². The highest BCUT2D eigenvalue weighted by Gasteiger charge is 2.09. The molecule has 0 aliphatic heterocycles. The van der Waals surface area contributed by atoms with Crippen LogP contribution in [0.15, 0.2) is 16.6 Å². The van der Waals surface area contributed by atoms with E-state index >= 15 is 0 Å². The van der Waals surface area contributed by atoms with Gasteiger partial charge in [-0.3, -0.25) is 4.79 Å². The van der Waals surface area contributed by atoms with E-state index in [0.717, 1.165) is 0 Å². The first-order valence-electron chi connectivity index (χ1n) is 3.46. The van der Waals surface area contributed by atoms with Gasteiger partial charge in [0.25, 0.3) is 0 Å². The Bertz CT molecular complexity index is 331. The van der Waals surface area contributed by atoms with Crippen LogP contribution < -0.4 is 5.73 Å². The first-order valence-corrected chi connectivity index (χ1v) is 4.63. The van der Waals surface area contributed by atoms with E-state index in [9.17, 15) is 4.79 Å². The highest BCUT2D eigenvalue weighted by molar-refractivity contribution is 9.10. The molecule has 0 aliphatic rings. The van der Waals surface area contributed by atoms with Crippen molar-refractivity contribution in [3.8, 4) is 0 Å². The summed E-state index contributed by atoms with van der Waals surface area (Å²) in [5, 5.41) is 9.06. The third kappa shape index (κ3) is 2.60. The summed E-state index contributed by atoms with van der Waals surface area (Å²) in [5.74, 6) is -0.922. The Morgan fingerprint density at radius 3 is 2.69 bits per heavy atom. The second-order valence-electron chi connectivity index (χ2n) is 2.53. The Morgan fingerprint density at radius 2 is 2.23 bits per heavy atom. The number of nitrogen functional groups attached to an aromatic ring is 1. The summed E-state index contributed by atoms with van der Waals surface area (Å²) in [6, 6.07) is 3.15. The van der Waals surface area contributed by atoms with Gasteiger partial charge >= 0.3 is 5.97 Å². The van der Waals surface area contributed by atoms with Gasteiger partial charge in [0, 0.05) is 20.7 Å². The summed E-state index contributed by atoms with van der Waals surface area (Å²) < 4.78 is 0.625.